The molecule has 2 aromatic heterocycles. The zero-order chi connectivity index (χ0) is 17.1. The maximum Gasteiger partial charge on any atom is 0.247 e. The normalized spacial score (nSPS) is 20.7. The van der Waals surface area contributed by atoms with Crippen molar-refractivity contribution in [3.8, 4) is 17.1 Å². The third-order valence-corrected chi connectivity index (χ3v) is 4.65. The molecule has 3 aromatic rings. The highest BCUT2D eigenvalue weighted by molar-refractivity contribution is 5.55. The molecule has 2 heterocycles. The van der Waals surface area contributed by atoms with Gasteiger partial charge in [-0.3, -0.25) is 0 Å². The van der Waals surface area contributed by atoms with E-state index in [2.05, 4.69) is 32.6 Å². The lowest BCUT2D eigenvalue weighted by atomic mass is 9.88. The highest BCUT2D eigenvalue weighted by atomic mass is 16.5. The number of aromatic nitrogens is 6. The predicted molar refractivity (Wildman–Crippen MR) is 88.7 cm³/mol. The van der Waals surface area contributed by atoms with Gasteiger partial charge < -0.3 is 9.15 Å². The van der Waals surface area contributed by atoms with Gasteiger partial charge in [0.15, 0.2) is 0 Å². The summed E-state index contributed by atoms with van der Waals surface area (Å²) in [4.78, 5) is 0. The molecule has 1 fully saturated rings. The van der Waals surface area contributed by atoms with Crippen molar-refractivity contribution in [2.45, 2.75) is 45.3 Å². The van der Waals surface area contributed by atoms with Gasteiger partial charge in [0.25, 0.3) is 0 Å². The van der Waals surface area contributed by atoms with E-state index in [1.165, 1.54) is 19.3 Å². The Balaban J connectivity index is 1.40. The van der Waals surface area contributed by atoms with Gasteiger partial charge in [-0.05, 0) is 53.5 Å². The Hall–Kier alpha value is -2.61. The van der Waals surface area contributed by atoms with E-state index in [-0.39, 0.29) is 0 Å². The first-order valence-electron chi connectivity index (χ1n) is 8.57. The van der Waals surface area contributed by atoms with E-state index in [1.807, 2.05) is 24.3 Å². The number of nitrogens with zero attached hydrogens (tertiary/aromatic N) is 6. The molecule has 25 heavy (non-hydrogen) atoms. The number of tetrazole rings is 1. The van der Waals surface area contributed by atoms with E-state index in [0.717, 1.165) is 17.7 Å². The Labute approximate surface area is 145 Å². The van der Waals surface area contributed by atoms with E-state index >= 15 is 0 Å². The fourth-order valence-electron chi connectivity index (χ4n) is 3.17. The largest absolute Gasteiger partial charge is 0.418 e. The Morgan fingerprint density at radius 3 is 2.76 bits per heavy atom. The summed E-state index contributed by atoms with van der Waals surface area (Å²) in [5.41, 5.74) is 1.71. The molecule has 8 heteroatoms. The van der Waals surface area contributed by atoms with E-state index in [1.54, 1.807) is 11.0 Å². The van der Waals surface area contributed by atoms with Crippen LogP contribution in [0.3, 0.4) is 0 Å². The second kappa shape index (κ2) is 7.10. The zero-order valence-electron chi connectivity index (χ0n) is 14.1. The summed E-state index contributed by atoms with van der Waals surface area (Å²) >= 11 is 0. The van der Waals surface area contributed by atoms with Crippen LogP contribution in [-0.4, -0.2) is 36.5 Å². The highest BCUT2D eigenvalue weighted by Crippen LogP contribution is 2.27. The van der Waals surface area contributed by atoms with Gasteiger partial charge >= 0.3 is 0 Å². The maximum absolute atomic E-state index is 5.98. The van der Waals surface area contributed by atoms with Crippen LogP contribution >= 0.6 is 0 Å². The summed E-state index contributed by atoms with van der Waals surface area (Å²) in [6.45, 7) is 2.61. The van der Waals surface area contributed by atoms with Crippen molar-refractivity contribution in [2.24, 2.45) is 5.92 Å². The smallest absolute Gasteiger partial charge is 0.247 e. The van der Waals surface area contributed by atoms with Crippen molar-refractivity contribution in [3.63, 3.8) is 0 Å². The average molecular weight is 340 g/mol. The standard InChI is InChI=1S/C17H20N6O2/c1-12-4-2-3-5-15(12)24-10-16-19-20-17(25-16)13-6-8-14(9-7-13)23-11-18-21-22-23/h6-9,11-12,15H,2-5,10H2,1H3. The number of hydrogen-bond acceptors (Lipinski definition) is 7. The molecule has 2 atom stereocenters. The SMILES string of the molecule is CC1CCCCC1OCc1nnc(-c2ccc(-n3cnnn3)cc2)o1. The first-order valence-corrected chi connectivity index (χ1v) is 8.57. The van der Waals surface area contributed by atoms with Gasteiger partial charge in [-0.15, -0.1) is 15.3 Å². The molecule has 1 aliphatic carbocycles. The second-order valence-electron chi connectivity index (χ2n) is 6.41. The topological polar surface area (TPSA) is 91.8 Å². The Morgan fingerprint density at radius 1 is 1.16 bits per heavy atom. The van der Waals surface area contributed by atoms with Crippen LogP contribution in [0, 0.1) is 5.92 Å². The summed E-state index contributed by atoms with van der Waals surface area (Å²) < 4.78 is 13.3. The molecule has 0 spiro atoms. The van der Waals surface area contributed by atoms with E-state index in [4.69, 9.17) is 9.15 Å². The molecule has 1 saturated carbocycles. The summed E-state index contributed by atoms with van der Waals surface area (Å²) in [7, 11) is 0. The Bertz CT molecular complexity index is 799. The maximum atomic E-state index is 5.98. The van der Waals surface area contributed by atoms with Gasteiger partial charge in [-0.2, -0.15) is 0 Å². The predicted octanol–water partition coefficient (Wildman–Crippen LogP) is 2.81. The van der Waals surface area contributed by atoms with Crippen LogP contribution in [0.25, 0.3) is 17.1 Å². The fraction of sp³-hybridized carbons (Fsp3) is 0.471. The molecule has 0 saturated heterocycles. The lowest BCUT2D eigenvalue weighted by Gasteiger charge is -2.28. The van der Waals surface area contributed by atoms with E-state index in [9.17, 15) is 0 Å². The quantitative estimate of drug-likeness (QED) is 0.705. The van der Waals surface area contributed by atoms with Crippen molar-refractivity contribution in [2.75, 3.05) is 0 Å². The van der Waals surface area contributed by atoms with Gasteiger partial charge in [0, 0.05) is 5.56 Å². The number of ether oxygens (including phenoxy) is 1. The number of benzene rings is 1. The zero-order valence-corrected chi connectivity index (χ0v) is 14.1. The van der Waals surface area contributed by atoms with Crippen molar-refractivity contribution >= 4 is 0 Å². The van der Waals surface area contributed by atoms with Gasteiger partial charge in [0.2, 0.25) is 11.8 Å². The second-order valence-corrected chi connectivity index (χ2v) is 6.41. The van der Waals surface area contributed by atoms with Gasteiger partial charge in [0.05, 0.1) is 11.8 Å². The van der Waals surface area contributed by atoms with E-state index < -0.39 is 0 Å². The fourth-order valence-corrected chi connectivity index (χ4v) is 3.17. The molecule has 1 aromatic carbocycles. The van der Waals surface area contributed by atoms with Crippen molar-refractivity contribution in [1.82, 2.24) is 30.4 Å². The monoisotopic (exact) mass is 340 g/mol. The van der Waals surface area contributed by atoms with Gasteiger partial charge in [-0.1, -0.05) is 19.8 Å². The van der Waals surface area contributed by atoms with Crippen LogP contribution in [0.2, 0.25) is 0 Å². The van der Waals surface area contributed by atoms with Crippen molar-refractivity contribution < 1.29 is 9.15 Å². The van der Waals surface area contributed by atoms with Crippen LogP contribution in [0.1, 0.15) is 38.5 Å². The molecule has 1 aliphatic rings. The first kappa shape index (κ1) is 15.9. The van der Waals surface area contributed by atoms with Crippen molar-refractivity contribution in [3.05, 3.63) is 36.5 Å². The lowest BCUT2D eigenvalue weighted by Crippen LogP contribution is -2.25. The molecular weight excluding hydrogens is 320 g/mol. The Kier molecular flexibility index (Phi) is 4.51. The molecule has 0 bridgehead atoms. The first-order chi connectivity index (χ1) is 12.3. The summed E-state index contributed by atoms with van der Waals surface area (Å²) in [6.07, 6.45) is 6.71. The minimum atomic E-state index is 0.291. The number of hydrogen-bond donors (Lipinski definition) is 0. The molecule has 0 radical (unpaired) electrons. The van der Waals surface area contributed by atoms with Crippen molar-refractivity contribution in [1.29, 1.82) is 0 Å². The Morgan fingerprint density at radius 2 is 2.00 bits per heavy atom. The van der Waals surface area contributed by atoms with Crippen LogP contribution in [0.4, 0.5) is 0 Å². The molecule has 130 valence electrons. The minimum absolute atomic E-state index is 0.291. The molecule has 2 unspecified atom stereocenters. The summed E-state index contributed by atoms with van der Waals surface area (Å²) in [5.74, 6) is 1.59. The highest BCUT2D eigenvalue weighted by Gasteiger charge is 2.22. The summed E-state index contributed by atoms with van der Waals surface area (Å²) in [5, 5.41) is 19.3. The van der Waals surface area contributed by atoms with Crippen LogP contribution < -0.4 is 0 Å². The van der Waals surface area contributed by atoms with E-state index in [0.29, 0.717) is 30.4 Å². The van der Waals surface area contributed by atoms with Crippen LogP contribution in [-0.2, 0) is 11.3 Å². The molecule has 4 rings (SSSR count). The molecular formula is C17H20N6O2. The molecule has 0 amide bonds. The van der Waals surface area contributed by atoms with Crippen LogP contribution in [0.15, 0.2) is 35.0 Å². The van der Waals surface area contributed by atoms with Gasteiger partial charge in [-0.25, -0.2) is 4.68 Å². The molecule has 8 nitrogen and oxygen atoms in total. The summed E-state index contributed by atoms with van der Waals surface area (Å²) in [6, 6.07) is 7.60. The molecule has 0 aliphatic heterocycles. The third kappa shape index (κ3) is 3.58. The third-order valence-electron chi connectivity index (χ3n) is 4.65. The van der Waals surface area contributed by atoms with Gasteiger partial charge in [0.1, 0.15) is 12.9 Å². The minimum Gasteiger partial charge on any atom is -0.418 e. The number of rotatable bonds is 5. The van der Waals surface area contributed by atoms with Crippen LogP contribution in [0.5, 0.6) is 0 Å². The average Bonchev–Trinajstić information content (AvgIpc) is 3.33. The molecule has 0 N–H and O–H groups in total. The lowest BCUT2D eigenvalue weighted by molar-refractivity contribution is -0.0235.